The number of thioether (sulfide) groups is 1. The second-order valence-electron chi connectivity index (χ2n) is 3.49. The standard InChI is InChI=1S/C10H14N2S2/c1-7-3-9(6-13-7)5-12-10-11-4-8(2)14-10/h3,6,8H,4-5H2,1-2H3,(H,11,12). The lowest BCUT2D eigenvalue weighted by atomic mass is 10.3. The molecule has 1 aliphatic heterocycles. The molecule has 14 heavy (non-hydrogen) atoms. The van der Waals surface area contributed by atoms with Gasteiger partial charge in [-0.15, -0.1) is 11.3 Å². The molecule has 0 fully saturated rings. The number of thiophene rings is 1. The van der Waals surface area contributed by atoms with Crippen LogP contribution in [0.25, 0.3) is 0 Å². The summed E-state index contributed by atoms with van der Waals surface area (Å²) in [6, 6.07) is 2.22. The zero-order valence-electron chi connectivity index (χ0n) is 8.41. The van der Waals surface area contributed by atoms with Crippen LogP contribution in [0.4, 0.5) is 0 Å². The molecule has 1 aromatic heterocycles. The van der Waals surface area contributed by atoms with Gasteiger partial charge in [0.05, 0.1) is 6.54 Å². The Morgan fingerprint density at radius 3 is 3.07 bits per heavy atom. The van der Waals surface area contributed by atoms with Crippen LogP contribution in [-0.2, 0) is 6.54 Å². The second-order valence-corrected chi connectivity index (χ2v) is 6.04. The Hall–Kier alpha value is -0.480. The molecule has 0 aromatic carbocycles. The van der Waals surface area contributed by atoms with Crippen LogP contribution in [0.1, 0.15) is 17.4 Å². The first-order chi connectivity index (χ1) is 6.74. The van der Waals surface area contributed by atoms with Crippen molar-refractivity contribution in [2.24, 2.45) is 4.99 Å². The Balaban J connectivity index is 1.83. The van der Waals surface area contributed by atoms with Crippen LogP contribution in [0.2, 0.25) is 0 Å². The Morgan fingerprint density at radius 2 is 2.50 bits per heavy atom. The van der Waals surface area contributed by atoms with Gasteiger partial charge in [-0.2, -0.15) is 0 Å². The van der Waals surface area contributed by atoms with Crippen LogP contribution in [0.3, 0.4) is 0 Å². The smallest absolute Gasteiger partial charge is 0.157 e. The number of amidine groups is 1. The van der Waals surface area contributed by atoms with Crippen molar-refractivity contribution in [2.75, 3.05) is 6.54 Å². The molecule has 0 saturated carbocycles. The molecule has 0 saturated heterocycles. The molecule has 2 heterocycles. The fraction of sp³-hybridized carbons (Fsp3) is 0.500. The minimum absolute atomic E-state index is 0.640. The fourth-order valence-electron chi connectivity index (χ4n) is 1.34. The summed E-state index contributed by atoms with van der Waals surface area (Å²) in [5, 5.41) is 7.30. The Bertz CT molecular complexity index is 344. The predicted octanol–water partition coefficient (Wildman–Crippen LogP) is 2.64. The van der Waals surface area contributed by atoms with Gasteiger partial charge in [-0.25, -0.2) is 0 Å². The van der Waals surface area contributed by atoms with E-state index in [1.54, 1.807) is 11.3 Å². The largest absolute Gasteiger partial charge is 0.361 e. The number of aryl methyl sites for hydroxylation is 1. The molecule has 4 heteroatoms. The molecule has 76 valence electrons. The number of nitrogens with zero attached hydrogens (tertiary/aromatic N) is 1. The third-order valence-corrected chi connectivity index (χ3v) is 3.99. The summed E-state index contributed by atoms with van der Waals surface area (Å²) in [5.74, 6) is 0. The van der Waals surface area contributed by atoms with Gasteiger partial charge in [-0.1, -0.05) is 18.7 Å². The molecular formula is C10H14N2S2. The van der Waals surface area contributed by atoms with Crippen molar-refractivity contribution in [1.29, 1.82) is 0 Å². The van der Waals surface area contributed by atoms with Gasteiger partial charge in [0.2, 0.25) is 0 Å². The van der Waals surface area contributed by atoms with E-state index < -0.39 is 0 Å². The molecule has 1 aliphatic rings. The lowest BCUT2D eigenvalue weighted by molar-refractivity contribution is 0.917. The predicted molar refractivity (Wildman–Crippen MR) is 65.3 cm³/mol. The van der Waals surface area contributed by atoms with Crippen LogP contribution < -0.4 is 5.32 Å². The lowest BCUT2D eigenvalue weighted by Gasteiger charge is -2.03. The van der Waals surface area contributed by atoms with E-state index >= 15 is 0 Å². The molecule has 0 bridgehead atoms. The topological polar surface area (TPSA) is 24.4 Å². The first-order valence-electron chi connectivity index (χ1n) is 4.73. The van der Waals surface area contributed by atoms with Crippen molar-refractivity contribution < 1.29 is 0 Å². The number of aliphatic imine (C=N–C) groups is 1. The maximum Gasteiger partial charge on any atom is 0.157 e. The summed E-state index contributed by atoms with van der Waals surface area (Å²) in [6.45, 7) is 6.20. The first-order valence-corrected chi connectivity index (χ1v) is 6.49. The summed E-state index contributed by atoms with van der Waals surface area (Å²) in [5.41, 5.74) is 1.36. The highest BCUT2D eigenvalue weighted by molar-refractivity contribution is 8.14. The second kappa shape index (κ2) is 4.36. The van der Waals surface area contributed by atoms with E-state index in [4.69, 9.17) is 0 Å². The summed E-state index contributed by atoms with van der Waals surface area (Å²) in [6.07, 6.45) is 0. The zero-order chi connectivity index (χ0) is 9.97. The molecule has 0 radical (unpaired) electrons. The number of hydrogen-bond acceptors (Lipinski definition) is 4. The normalized spacial score (nSPS) is 21.0. The molecular weight excluding hydrogens is 212 g/mol. The maximum atomic E-state index is 4.41. The van der Waals surface area contributed by atoms with Gasteiger partial charge >= 0.3 is 0 Å². The highest BCUT2D eigenvalue weighted by atomic mass is 32.2. The summed E-state index contributed by atoms with van der Waals surface area (Å²) in [7, 11) is 0. The van der Waals surface area contributed by atoms with Crippen LogP contribution in [0.15, 0.2) is 16.4 Å². The fourth-order valence-corrected chi connectivity index (χ4v) is 2.89. The van der Waals surface area contributed by atoms with Crippen LogP contribution in [0, 0.1) is 6.92 Å². The number of hydrogen-bond donors (Lipinski definition) is 1. The van der Waals surface area contributed by atoms with E-state index in [1.165, 1.54) is 10.4 Å². The van der Waals surface area contributed by atoms with E-state index in [0.29, 0.717) is 5.25 Å². The first kappa shape index (κ1) is 10.1. The van der Waals surface area contributed by atoms with Crippen molar-refractivity contribution in [1.82, 2.24) is 5.32 Å². The summed E-state index contributed by atoms with van der Waals surface area (Å²) >= 11 is 3.63. The number of rotatable bonds is 2. The third kappa shape index (κ3) is 2.51. The average molecular weight is 226 g/mol. The van der Waals surface area contributed by atoms with Crippen LogP contribution in [-0.4, -0.2) is 17.0 Å². The highest BCUT2D eigenvalue weighted by Crippen LogP contribution is 2.19. The molecule has 2 rings (SSSR count). The average Bonchev–Trinajstić information content (AvgIpc) is 2.72. The van der Waals surface area contributed by atoms with E-state index in [-0.39, 0.29) is 0 Å². The molecule has 1 unspecified atom stereocenters. The van der Waals surface area contributed by atoms with E-state index in [2.05, 4.69) is 35.6 Å². The highest BCUT2D eigenvalue weighted by Gasteiger charge is 2.14. The quantitative estimate of drug-likeness (QED) is 0.838. The van der Waals surface area contributed by atoms with Gasteiger partial charge in [0.15, 0.2) is 5.17 Å². The van der Waals surface area contributed by atoms with Gasteiger partial charge in [0.1, 0.15) is 0 Å². The van der Waals surface area contributed by atoms with E-state index in [9.17, 15) is 0 Å². The van der Waals surface area contributed by atoms with Crippen molar-refractivity contribution >= 4 is 28.3 Å². The van der Waals surface area contributed by atoms with Gasteiger partial charge in [0, 0.05) is 16.7 Å². The number of nitrogens with one attached hydrogen (secondary N) is 1. The molecule has 1 atom stereocenters. The maximum absolute atomic E-state index is 4.41. The van der Waals surface area contributed by atoms with Crippen molar-refractivity contribution in [3.8, 4) is 0 Å². The molecule has 0 aliphatic carbocycles. The summed E-state index contributed by atoms with van der Waals surface area (Å²) < 4.78 is 0. The molecule has 1 aromatic rings. The van der Waals surface area contributed by atoms with Crippen LogP contribution >= 0.6 is 23.1 Å². The third-order valence-electron chi connectivity index (χ3n) is 2.03. The zero-order valence-corrected chi connectivity index (χ0v) is 10.0. The lowest BCUT2D eigenvalue weighted by Crippen LogP contribution is -2.18. The van der Waals surface area contributed by atoms with Gasteiger partial charge in [-0.05, 0) is 23.9 Å². The molecule has 1 N–H and O–H groups in total. The Labute approximate surface area is 92.8 Å². The van der Waals surface area contributed by atoms with E-state index in [0.717, 1.165) is 18.3 Å². The molecule has 0 spiro atoms. The monoisotopic (exact) mass is 226 g/mol. The van der Waals surface area contributed by atoms with Crippen molar-refractivity contribution in [3.05, 3.63) is 21.9 Å². The van der Waals surface area contributed by atoms with Gasteiger partial charge in [-0.3, -0.25) is 4.99 Å². The summed E-state index contributed by atoms with van der Waals surface area (Å²) in [4.78, 5) is 5.78. The van der Waals surface area contributed by atoms with E-state index in [1.807, 2.05) is 11.8 Å². The molecule has 2 nitrogen and oxygen atoms in total. The SMILES string of the molecule is Cc1cc(CNC2=NCC(C)S2)cs1. The minimum atomic E-state index is 0.640. The van der Waals surface area contributed by atoms with Crippen molar-refractivity contribution in [3.63, 3.8) is 0 Å². The van der Waals surface area contributed by atoms with Crippen LogP contribution in [0.5, 0.6) is 0 Å². The minimum Gasteiger partial charge on any atom is -0.361 e. The van der Waals surface area contributed by atoms with Gasteiger partial charge in [0.25, 0.3) is 0 Å². The Kier molecular flexibility index (Phi) is 3.13. The van der Waals surface area contributed by atoms with Crippen molar-refractivity contribution in [2.45, 2.75) is 25.6 Å². The Morgan fingerprint density at radius 1 is 1.64 bits per heavy atom. The van der Waals surface area contributed by atoms with Gasteiger partial charge < -0.3 is 5.32 Å². The molecule has 0 amide bonds.